The molecule has 2 N–H and O–H groups in total. The normalized spacial score (nSPS) is 11.6. The zero-order valence-corrected chi connectivity index (χ0v) is 15.5. The Morgan fingerprint density at radius 1 is 1.24 bits per heavy atom. The third-order valence-electron chi connectivity index (χ3n) is 2.61. The van der Waals surface area contributed by atoms with Gasteiger partial charge in [-0.25, -0.2) is 8.42 Å². The standard InChI is InChI=1S/C12H11BrCl2N2O2S2/c1-16-6-9-10(4-5-20-9)21(18,19)17-8-3-2-7(13)11(14)12(8)15/h2-5,16-17H,6H2,1H3. The van der Waals surface area contributed by atoms with E-state index in [9.17, 15) is 8.42 Å². The Balaban J connectivity index is 2.38. The molecule has 1 aromatic carbocycles. The minimum atomic E-state index is -3.71. The van der Waals surface area contributed by atoms with Gasteiger partial charge in [-0.15, -0.1) is 11.3 Å². The van der Waals surface area contributed by atoms with Crippen LogP contribution in [0.2, 0.25) is 10.0 Å². The van der Waals surface area contributed by atoms with E-state index in [2.05, 4.69) is 26.0 Å². The van der Waals surface area contributed by atoms with E-state index in [0.717, 1.165) is 4.88 Å². The highest BCUT2D eigenvalue weighted by Crippen LogP contribution is 2.37. The van der Waals surface area contributed by atoms with Crippen LogP contribution in [-0.4, -0.2) is 15.5 Å². The number of hydrogen-bond donors (Lipinski definition) is 2. The number of sulfonamides is 1. The molecule has 0 radical (unpaired) electrons. The van der Waals surface area contributed by atoms with Gasteiger partial charge in [0.1, 0.15) is 4.90 Å². The lowest BCUT2D eigenvalue weighted by atomic mass is 10.3. The average molecular weight is 430 g/mol. The van der Waals surface area contributed by atoms with Crippen LogP contribution in [0, 0.1) is 0 Å². The molecule has 0 fully saturated rings. The molecule has 0 saturated heterocycles. The summed E-state index contributed by atoms with van der Waals surface area (Å²) in [6.07, 6.45) is 0. The SMILES string of the molecule is CNCc1sccc1S(=O)(=O)Nc1ccc(Br)c(Cl)c1Cl. The summed E-state index contributed by atoms with van der Waals surface area (Å²) in [5.74, 6) is 0. The number of rotatable bonds is 5. The zero-order chi connectivity index (χ0) is 15.6. The molecule has 9 heteroatoms. The van der Waals surface area contributed by atoms with Gasteiger partial charge in [-0.3, -0.25) is 4.72 Å². The Labute approximate surface area is 145 Å². The molecule has 0 atom stereocenters. The first kappa shape index (κ1) is 17.1. The van der Waals surface area contributed by atoms with Gasteiger partial charge in [0.2, 0.25) is 0 Å². The molecule has 4 nitrogen and oxygen atoms in total. The molecule has 0 bridgehead atoms. The van der Waals surface area contributed by atoms with Gasteiger partial charge in [0.25, 0.3) is 10.0 Å². The van der Waals surface area contributed by atoms with Crippen LogP contribution in [0.15, 0.2) is 32.9 Å². The quantitative estimate of drug-likeness (QED) is 0.695. The van der Waals surface area contributed by atoms with Crippen molar-refractivity contribution in [3.05, 3.63) is 43.0 Å². The number of halogens is 3. The van der Waals surface area contributed by atoms with E-state index < -0.39 is 10.0 Å². The van der Waals surface area contributed by atoms with E-state index in [0.29, 0.717) is 11.0 Å². The Morgan fingerprint density at radius 3 is 2.62 bits per heavy atom. The topological polar surface area (TPSA) is 58.2 Å². The lowest BCUT2D eigenvalue weighted by molar-refractivity contribution is 0.600. The van der Waals surface area contributed by atoms with Gasteiger partial charge in [-0.1, -0.05) is 23.2 Å². The van der Waals surface area contributed by atoms with Crippen LogP contribution in [0.25, 0.3) is 0 Å². The molecule has 21 heavy (non-hydrogen) atoms. The van der Waals surface area contributed by atoms with Gasteiger partial charge < -0.3 is 5.32 Å². The molecule has 2 aromatic rings. The minimum Gasteiger partial charge on any atom is -0.315 e. The molecule has 0 unspecified atom stereocenters. The van der Waals surface area contributed by atoms with Gasteiger partial charge in [0.05, 0.1) is 15.7 Å². The van der Waals surface area contributed by atoms with E-state index in [1.807, 2.05) is 0 Å². The van der Waals surface area contributed by atoms with Crippen molar-refractivity contribution in [2.24, 2.45) is 0 Å². The number of benzene rings is 1. The third kappa shape index (κ3) is 3.72. The van der Waals surface area contributed by atoms with Crippen LogP contribution >= 0.6 is 50.5 Å². The Hall–Kier alpha value is -0.310. The second kappa shape index (κ2) is 6.85. The molecule has 0 aliphatic rings. The van der Waals surface area contributed by atoms with Crippen molar-refractivity contribution < 1.29 is 8.42 Å². The number of thiophene rings is 1. The average Bonchev–Trinajstić information content (AvgIpc) is 2.89. The predicted octanol–water partition coefficient (Wildman–Crippen LogP) is 4.34. The molecule has 1 aromatic heterocycles. The van der Waals surface area contributed by atoms with Crippen LogP contribution in [0.5, 0.6) is 0 Å². The smallest absolute Gasteiger partial charge is 0.263 e. The Morgan fingerprint density at radius 2 is 1.95 bits per heavy atom. The Kier molecular flexibility index (Phi) is 5.56. The summed E-state index contributed by atoms with van der Waals surface area (Å²) in [7, 11) is -1.95. The van der Waals surface area contributed by atoms with E-state index >= 15 is 0 Å². The molecule has 114 valence electrons. The fraction of sp³-hybridized carbons (Fsp3) is 0.167. The van der Waals surface area contributed by atoms with Crippen molar-refractivity contribution in [3.8, 4) is 0 Å². The van der Waals surface area contributed by atoms with Crippen LogP contribution in [0.3, 0.4) is 0 Å². The largest absolute Gasteiger partial charge is 0.315 e. The van der Waals surface area contributed by atoms with Crippen molar-refractivity contribution in [1.82, 2.24) is 5.32 Å². The molecule has 0 saturated carbocycles. The minimum absolute atomic E-state index is 0.153. The lowest BCUT2D eigenvalue weighted by Gasteiger charge is -2.11. The van der Waals surface area contributed by atoms with Crippen molar-refractivity contribution in [3.63, 3.8) is 0 Å². The summed E-state index contributed by atoms with van der Waals surface area (Å²) in [6.45, 7) is 0.475. The second-order valence-corrected chi connectivity index (χ2v) is 8.33. The van der Waals surface area contributed by atoms with Crippen LogP contribution in [0.4, 0.5) is 5.69 Å². The monoisotopic (exact) mass is 428 g/mol. The fourth-order valence-corrected chi connectivity index (χ4v) is 5.07. The summed E-state index contributed by atoms with van der Waals surface area (Å²) in [4.78, 5) is 0.960. The van der Waals surface area contributed by atoms with Crippen LogP contribution in [-0.2, 0) is 16.6 Å². The Bertz CT molecular complexity index is 763. The summed E-state index contributed by atoms with van der Waals surface area (Å²) >= 11 is 16.7. The van der Waals surface area contributed by atoms with Crippen molar-refractivity contribution in [2.75, 3.05) is 11.8 Å². The molecule has 0 amide bonds. The molecule has 0 aliphatic heterocycles. The first-order valence-corrected chi connectivity index (χ1v) is 9.65. The fourth-order valence-electron chi connectivity index (χ4n) is 1.66. The van der Waals surface area contributed by atoms with E-state index in [1.54, 1.807) is 30.6 Å². The maximum Gasteiger partial charge on any atom is 0.263 e. The molecule has 0 spiro atoms. The first-order valence-electron chi connectivity index (χ1n) is 5.74. The van der Waals surface area contributed by atoms with E-state index in [-0.39, 0.29) is 20.6 Å². The van der Waals surface area contributed by atoms with Crippen molar-refractivity contribution in [2.45, 2.75) is 11.4 Å². The van der Waals surface area contributed by atoms with Crippen molar-refractivity contribution >= 4 is 66.2 Å². The highest BCUT2D eigenvalue weighted by molar-refractivity contribution is 9.10. The van der Waals surface area contributed by atoms with Gasteiger partial charge in [-0.2, -0.15) is 0 Å². The third-order valence-corrected chi connectivity index (χ3v) is 6.88. The summed E-state index contributed by atoms with van der Waals surface area (Å²) < 4.78 is 28.0. The van der Waals surface area contributed by atoms with Gasteiger partial charge >= 0.3 is 0 Å². The highest BCUT2D eigenvalue weighted by atomic mass is 79.9. The number of hydrogen-bond acceptors (Lipinski definition) is 4. The second-order valence-electron chi connectivity index (χ2n) is 4.07. The van der Waals surface area contributed by atoms with Crippen LogP contribution in [0.1, 0.15) is 4.88 Å². The molecule has 2 rings (SSSR count). The van der Waals surface area contributed by atoms with Crippen molar-refractivity contribution in [1.29, 1.82) is 0 Å². The lowest BCUT2D eigenvalue weighted by Crippen LogP contribution is -2.16. The predicted molar refractivity (Wildman–Crippen MR) is 92.1 cm³/mol. The first-order chi connectivity index (χ1) is 9.86. The molecule has 0 aliphatic carbocycles. The van der Waals surface area contributed by atoms with Crippen LogP contribution < -0.4 is 10.0 Å². The molecular weight excluding hydrogens is 419 g/mol. The highest BCUT2D eigenvalue weighted by Gasteiger charge is 2.21. The molecule has 1 heterocycles. The van der Waals surface area contributed by atoms with E-state index in [1.165, 1.54) is 11.3 Å². The summed E-state index contributed by atoms with van der Waals surface area (Å²) in [5, 5.41) is 5.09. The summed E-state index contributed by atoms with van der Waals surface area (Å²) in [6, 6.07) is 4.75. The number of anilines is 1. The molecular formula is C12H11BrCl2N2O2S2. The summed E-state index contributed by atoms with van der Waals surface area (Å²) in [5.41, 5.74) is 0.242. The maximum atomic E-state index is 12.5. The van der Waals surface area contributed by atoms with E-state index in [4.69, 9.17) is 23.2 Å². The van der Waals surface area contributed by atoms with Gasteiger partial charge in [-0.05, 0) is 46.6 Å². The van der Waals surface area contributed by atoms with Gasteiger partial charge in [0.15, 0.2) is 0 Å². The van der Waals surface area contributed by atoms with Gasteiger partial charge in [0, 0.05) is 15.9 Å². The number of nitrogens with one attached hydrogen (secondary N) is 2. The zero-order valence-electron chi connectivity index (χ0n) is 10.8. The maximum absolute atomic E-state index is 12.5.